The van der Waals surface area contributed by atoms with E-state index < -0.39 is 4.92 Å². The zero-order valence-corrected chi connectivity index (χ0v) is 11.9. The zero-order chi connectivity index (χ0) is 15.2. The number of aryl methyl sites for hydroxylation is 1. The van der Waals surface area contributed by atoms with E-state index in [4.69, 9.17) is 4.74 Å². The molecule has 0 aliphatic heterocycles. The van der Waals surface area contributed by atoms with Gasteiger partial charge >= 0.3 is 0 Å². The van der Waals surface area contributed by atoms with E-state index in [-0.39, 0.29) is 5.69 Å². The predicted octanol–water partition coefficient (Wildman–Crippen LogP) is 1.06. The molecule has 1 N–H and O–H groups in total. The molecule has 2 aromatic rings. The Morgan fingerprint density at radius 2 is 2.29 bits per heavy atom. The molecule has 21 heavy (non-hydrogen) atoms. The van der Waals surface area contributed by atoms with Crippen LogP contribution in [0.3, 0.4) is 0 Å². The van der Waals surface area contributed by atoms with Crippen LogP contribution in [-0.2, 0) is 20.0 Å². The summed E-state index contributed by atoms with van der Waals surface area (Å²) in [6.45, 7) is 1.18. The van der Waals surface area contributed by atoms with Crippen molar-refractivity contribution in [1.29, 1.82) is 0 Å². The molecular weight excluding hydrogens is 274 g/mol. The summed E-state index contributed by atoms with van der Waals surface area (Å²) in [6.07, 6.45) is 2.38. The second-order valence-corrected chi connectivity index (χ2v) is 4.54. The van der Waals surface area contributed by atoms with Gasteiger partial charge in [-0.25, -0.2) is 0 Å². The van der Waals surface area contributed by atoms with Crippen molar-refractivity contribution < 1.29 is 9.66 Å². The lowest BCUT2D eigenvalue weighted by molar-refractivity contribution is -0.384. The molecule has 0 saturated carbocycles. The molecular formula is C13H17N5O3. The van der Waals surface area contributed by atoms with Gasteiger partial charge in [-0.05, 0) is 6.07 Å². The van der Waals surface area contributed by atoms with E-state index in [9.17, 15) is 10.1 Å². The third-order valence-electron chi connectivity index (χ3n) is 3.12. The largest absolute Gasteiger partial charge is 0.496 e. The first-order valence-corrected chi connectivity index (χ1v) is 6.46. The van der Waals surface area contributed by atoms with Gasteiger partial charge in [0.25, 0.3) is 5.69 Å². The molecule has 1 aromatic carbocycles. The van der Waals surface area contributed by atoms with Crippen LogP contribution in [0.5, 0.6) is 5.75 Å². The van der Waals surface area contributed by atoms with E-state index in [1.54, 1.807) is 19.5 Å². The normalized spacial score (nSPS) is 10.6. The van der Waals surface area contributed by atoms with E-state index in [0.29, 0.717) is 18.8 Å². The van der Waals surface area contributed by atoms with Crippen LogP contribution in [0.2, 0.25) is 0 Å². The lowest BCUT2D eigenvalue weighted by Gasteiger charge is -2.09. The minimum atomic E-state index is -0.414. The van der Waals surface area contributed by atoms with E-state index in [1.807, 2.05) is 11.6 Å². The fourth-order valence-corrected chi connectivity index (χ4v) is 1.97. The van der Waals surface area contributed by atoms with Gasteiger partial charge in [0, 0.05) is 44.3 Å². The van der Waals surface area contributed by atoms with Crippen LogP contribution in [0.4, 0.5) is 5.69 Å². The highest BCUT2D eigenvalue weighted by Gasteiger charge is 2.11. The van der Waals surface area contributed by atoms with Gasteiger partial charge in [0.05, 0.1) is 12.0 Å². The van der Waals surface area contributed by atoms with Gasteiger partial charge in [0.1, 0.15) is 17.9 Å². The van der Waals surface area contributed by atoms with E-state index in [1.165, 1.54) is 12.1 Å². The maximum atomic E-state index is 10.8. The van der Waals surface area contributed by atoms with Gasteiger partial charge in [-0.2, -0.15) is 0 Å². The number of nitrogens with zero attached hydrogens (tertiary/aromatic N) is 4. The van der Waals surface area contributed by atoms with Crippen LogP contribution in [0.25, 0.3) is 0 Å². The van der Waals surface area contributed by atoms with Gasteiger partial charge < -0.3 is 14.6 Å². The van der Waals surface area contributed by atoms with Gasteiger partial charge in [0.2, 0.25) is 0 Å². The number of methoxy groups -OCH3 is 1. The molecule has 8 heteroatoms. The molecule has 0 spiro atoms. The Kier molecular flexibility index (Phi) is 4.83. The Bertz CT molecular complexity index is 626. The topological polar surface area (TPSA) is 95.1 Å². The average molecular weight is 291 g/mol. The molecule has 8 nitrogen and oxygen atoms in total. The SMILES string of the molecule is COc1ccc([N+](=O)[O-])cc1CNCCc1nncn1C. The number of aromatic nitrogens is 3. The van der Waals surface area contributed by atoms with Crippen LogP contribution < -0.4 is 10.1 Å². The summed E-state index contributed by atoms with van der Waals surface area (Å²) < 4.78 is 7.07. The Morgan fingerprint density at radius 3 is 2.90 bits per heavy atom. The number of ether oxygens (including phenoxy) is 1. The molecule has 0 saturated heterocycles. The molecule has 0 atom stereocenters. The van der Waals surface area contributed by atoms with Crippen molar-refractivity contribution in [2.75, 3.05) is 13.7 Å². The Morgan fingerprint density at radius 1 is 1.48 bits per heavy atom. The second kappa shape index (κ2) is 6.80. The lowest BCUT2D eigenvalue weighted by atomic mass is 10.1. The Hall–Kier alpha value is -2.48. The second-order valence-electron chi connectivity index (χ2n) is 4.54. The van der Waals surface area contributed by atoms with Crippen LogP contribution in [0.15, 0.2) is 24.5 Å². The number of nitro benzene ring substituents is 1. The van der Waals surface area contributed by atoms with Gasteiger partial charge in [-0.3, -0.25) is 10.1 Å². The number of benzene rings is 1. The molecule has 0 aliphatic carbocycles. The summed E-state index contributed by atoms with van der Waals surface area (Å²) in [5, 5.41) is 21.8. The van der Waals surface area contributed by atoms with Gasteiger partial charge in [-0.1, -0.05) is 0 Å². The molecule has 0 fully saturated rings. The number of non-ortho nitro benzene ring substituents is 1. The first-order chi connectivity index (χ1) is 10.1. The maximum Gasteiger partial charge on any atom is 0.270 e. The fraction of sp³-hybridized carbons (Fsp3) is 0.385. The summed E-state index contributed by atoms with van der Waals surface area (Å²) in [5.41, 5.74) is 0.811. The predicted molar refractivity (Wildman–Crippen MR) is 76.1 cm³/mol. The van der Waals surface area contributed by atoms with Crippen molar-refractivity contribution in [3.05, 3.63) is 46.0 Å². The lowest BCUT2D eigenvalue weighted by Crippen LogP contribution is -2.18. The Balaban J connectivity index is 1.94. The summed E-state index contributed by atoms with van der Waals surface area (Å²) in [4.78, 5) is 10.4. The molecule has 1 heterocycles. The van der Waals surface area contributed by atoms with Gasteiger partial charge in [-0.15, -0.1) is 10.2 Å². The smallest absolute Gasteiger partial charge is 0.270 e. The highest BCUT2D eigenvalue weighted by Crippen LogP contribution is 2.23. The van der Waals surface area contributed by atoms with E-state index in [0.717, 1.165) is 17.8 Å². The maximum absolute atomic E-state index is 10.8. The molecule has 0 bridgehead atoms. The number of nitrogens with one attached hydrogen (secondary N) is 1. The highest BCUT2D eigenvalue weighted by atomic mass is 16.6. The number of hydrogen-bond donors (Lipinski definition) is 1. The molecule has 0 aliphatic rings. The zero-order valence-electron chi connectivity index (χ0n) is 11.9. The molecule has 2 rings (SSSR count). The third-order valence-corrected chi connectivity index (χ3v) is 3.12. The van der Waals surface area contributed by atoms with Crippen molar-refractivity contribution >= 4 is 5.69 Å². The minimum absolute atomic E-state index is 0.0564. The van der Waals surface area contributed by atoms with Crippen LogP contribution in [0, 0.1) is 10.1 Å². The van der Waals surface area contributed by atoms with Crippen molar-refractivity contribution in [1.82, 2.24) is 20.1 Å². The summed E-state index contributed by atoms with van der Waals surface area (Å²) in [6, 6.07) is 4.56. The van der Waals surface area contributed by atoms with Crippen molar-refractivity contribution in [3.63, 3.8) is 0 Å². The summed E-state index contributed by atoms with van der Waals surface area (Å²) >= 11 is 0. The minimum Gasteiger partial charge on any atom is -0.496 e. The van der Waals surface area contributed by atoms with Crippen molar-refractivity contribution in [2.45, 2.75) is 13.0 Å². The molecule has 0 unspecified atom stereocenters. The highest BCUT2D eigenvalue weighted by molar-refractivity contribution is 5.43. The average Bonchev–Trinajstić information content (AvgIpc) is 2.88. The van der Waals surface area contributed by atoms with Crippen LogP contribution in [0.1, 0.15) is 11.4 Å². The van der Waals surface area contributed by atoms with Crippen LogP contribution in [-0.4, -0.2) is 33.3 Å². The van der Waals surface area contributed by atoms with Crippen molar-refractivity contribution in [3.8, 4) is 5.75 Å². The molecule has 0 amide bonds. The van der Waals surface area contributed by atoms with E-state index >= 15 is 0 Å². The summed E-state index contributed by atoms with van der Waals surface area (Å²) in [7, 11) is 3.43. The molecule has 112 valence electrons. The molecule has 1 aromatic heterocycles. The fourth-order valence-electron chi connectivity index (χ4n) is 1.97. The quantitative estimate of drug-likeness (QED) is 0.465. The van der Waals surface area contributed by atoms with Crippen molar-refractivity contribution in [2.24, 2.45) is 7.05 Å². The number of hydrogen-bond acceptors (Lipinski definition) is 6. The first-order valence-electron chi connectivity index (χ1n) is 6.46. The summed E-state index contributed by atoms with van der Waals surface area (Å²) in [5.74, 6) is 1.51. The first kappa shape index (κ1) is 14.9. The standard InChI is InChI=1S/C13H17N5O3/c1-17-9-15-16-13(17)5-6-14-8-10-7-11(18(19)20)3-4-12(10)21-2/h3-4,7,9,14H,5-6,8H2,1-2H3. The van der Waals surface area contributed by atoms with Gasteiger partial charge in [0.15, 0.2) is 0 Å². The van der Waals surface area contributed by atoms with Crippen LogP contribution >= 0.6 is 0 Å². The monoisotopic (exact) mass is 291 g/mol. The number of rotatable bonds is 7. The number of nitro groups is 1. The van der Waals surface area contributed by atoms with E-state index in [2.05, 4.69) is 15.5 Å². The molecule has 0 radical (unpaired) electrons. The third kappa shape index (κ3) is 3.76. The Labute approximate surface area is 121 Å².